The Labute approximate surface area is 105 Å². The van der Waals surface area contributed by atoms with Gasteiger partial charge in [0.15, 0.2) is 17.3 Å². The first-order valence-electron chi connectivity index (χ1n) is 5.07. The van der Waals surface area contributed by atoms with Crippen molar-refractivity contribution in [1.29, 1.82) is 0 Å². The Balaban J connectivity index is 2.38. The molecule has 17 heavy (non-hydrogen) atoms. The number of hydrogen-bond acceptors (Lipinski definition) is 5. The molecule has 0 atom stereocenters. The molecular formula is C12H13NO3S. The van der Waals surface area contributed by atoms with Crippen LogP contribution in [0.4, 0.5) is 0 Å². The predicted molar refractivity (Wildman–Crippen MR) is 67.7 cm³/mol. The molecule has 1 aromatic carbocycles. The summed E-state index contributed by atoms with van der Waals surface area (Å²) in [7, 11) is 3.20. The van der Waals surface area contributed by atoms with E-state index in [1.54, 1.807) is 14.2 Å². The Morgan fingerprint density at radius 2 is 1.94 bits per heavy atom. The van der Waals surface area contributed by atoms with Crippen molar-refractivity contribution in [2.45, 2.75) is 5.75 Å². The van der Waals surface area contributed by atoms with E-state index in [0.717, 1.165) is 11.3 Å². The molecule has 0 saturated heterocycles. The second-order valence-corrected chi connectivity index (χ2v) is 3.73. The maximum atomic E-state index is 5.23. The third kappa shape index (κ3) is 2.39. The number of hydrogen-bond donors (Lipinski definition) is 1. The molecule has 0 aliphatic heterocycles. The first-order valence-corrected chi connectivity index (χ1v) is 5.70. The van der Waals surface area contributed by atoms with Gasteiger partial charge in [-0.1, -0.05) is 5.16 Å². The Kier molecular flexibility index (Phi) is 3.58. The Morgan fingerprint density at radius 3 is 2.53 bits per heavy atom. The second kappa shape index (κ2) is 5.14. The van der Waals surface area contributed by atoms with Crippen LogP contribution in [0.3, 0.4) is 0 Å². The van der Waals surface area contributed by atoms with Gasteiger partial charge in [0.2, 0.25) is 0 Å². The lowest BCUT2D eigenvalue weighted by Crippen LogP contribution is -1.90. The highest BCUT2D eigenvalue weighted by Crippen LogP contribution is 2.32. The quantitative estimate of drug-likeness (QED) is 0.849. The summed E-state index contributed by atoms with van der Waals surface area (Å²) in [5.74, 6) is 2.59. The maximum absolute atomic E-state index is 5.23. The van der Waals surface area contributed by atoms with Gasteiger partial charge in [-0.3, -0.25) is 0 Å². The summed E-state index contributed by atoms with van der Waals surface area (Å²) in [5, 5.41) is 3.89. The second-order valence-electron chi connectivity index (χ2n) is 3.41. The van der Waals surface area contributed by atoms with E-state index in [9.17, 15) is 0 Å². The van der Waals surface area contributed by atoms with E-state index in [-0.39, 0.29) is 0 Å². The molecule has 0 aliphatic carbocycles. The van der Waals surface area contributed by atoms with Gasteiger partial charge in [-0.15, -0.1) is 0 Å². The van der Waals surface area contributed by atoms with Crippen molar-refractivity contribution in [3.63, 3.8) is 0 Å². The van der Waals surface area contributed by atoms with Crippen molar-refractivity contribution in [2.75, 3.05) is 14.2 Å². The molecule has 90 valence electrons. The first-order chi connectivity index (χ1) is 8.28. The van der Waals surface area contributed by atoms with Crippen LogP contribution in [0.25, 0.3) is 11.3 Å². The molecule has 0 N–H and O–H groups in total. The first kappa shape index (κ1) is 11.9. The minimum Gasteiger partial charge on any atom is -0.493 e. The van der Waals surface area contributed by atoms with Crippen molar-refractivity contribution >= 4 is 12.6 Å². The third-order valence-corrected chi connectivity index (χ3v) is 2.71. The van der Waals surface area contributed by atoms with Crippen molar-refractivity contribution in [3.8, 4) is 22.8 Å². The van der Waals surface area contributed by atoms with E-state index in [2.05, 4.69) is 17.8 Å². The molecule has 0 fully saturated rings. The van der Waals surface area contributed by atoms with Gasteiger partial charge in [-0.05, 0) is 18.2 Å². The molecular weight excluding hydrogens is 238 g/mol. The monoisotopic (exact) mass is 251 g/mol. The molecule has 4 nitrogen and oxygen atoms in total. The maximum Gasteiger partial charge on any atom is 0.167 e. The fourth-order valence-electron chi connectivity index (χ4n) is 1.51. The largest absolute Gasteiger partial charge is 0.493 e. The SMILES string of the molecule is COc1ccc(-c2cc(CS)no2)cc1OC. The van der Waals surface area contributed by atoms with Crippen molar-refractivity contribution in [1.82, 2.24) is 5.16 Å². The summed E-state index contributed by atoms with van der Waals surface area (Å²) < 4.78 is 15.6. The van der Waals surface area contributed by atoms with E-state index in [4.69, 9.17) is 14.0 Å². The summed E-state index contributed by atoms with van der Waals surface area (Å²) in [4.78, 5) is 0. The van der Waals surface area contributed by atoms with E-state index in [1.807, 2.05) is 24.3 Å². The highest BCUT2D eigenvalue weighted by molar-refractivity contribution is 7.79. The molecule has 2 aromatic rings. The molecule has 2 rings (SSSR count). The number of thiol groups is 1. The van der Waals surface area contributed by atoms with E-state index in [0.29, 0.717) is 23.0 Å². The van der Waals surface area contributed by atoms with E-state index >= 15 is 0 Å². The number of nitrogens with zero attached hydrogens (tertiary/aromatic N) is 1. The van der Waals surface area contributed by atoms with Crippen LogP contribution in [-0.4, -0.2) is 19.4 Å². The van der Waals surface area contributed by atoms with Crippen LogP contribution < -0.4 is 9.47 Å². The van der Waals surface area contributed by atoms with Gasteiger partial charge in [-0.25, -0.2) is 0 Å². The summed E-state index contributed by atoms with van der Waals surface area (Å²) in [5.41, 5.74) is 1.70. The number of ether oxygens (including phenoxy) is 2. The number of methoxy groups -OCH3 is 2. The van der Waals surface area contributed by atoms with Crippen molar-refractivity contribution in [3.05, 3.63) is 30.0 Å². The number of aromatic nitrogens is 1. The van der Waals surface area contributed by atoms with E-state index in [1.165, 1.54) is 0 Å². The van der Waals surface area contributed by atoms with Crippen LogP contribution in [-0.2, 0) is 5.75 Å². The topological polar surface area (TPSA) is 44.5 Å². The minimum atomic E-state index is 0.552. The fourth-order valence-corrected chi connectivity index (χ4v) is 1.66. The molecule has 0 radical (unpaired) electrons. The molecule has 5 heteroatoms. The molecule has 0 aliphatic rings. The van der Waals surface area contributed by atoms with Gasteiger partial charge in [-0.2, -0.15) is 12.6 Å². The normalized spacial score (nSPS) is 10.3. The Hall–Kier alpha value is -1.62. The Bertz CT molecular complexity index is 510. The predicted octanol–water partition coefficient (Wildman–Crippen LogP) is 2.79. The highest BCUT2D eigenvalue weighted by atomic mass is 32.1. The Morgan fingerprint density at radius 1 is 1.18 bits per heavy atom. The van der Waals surface area contributed by atoms with E-state index < -0.39 is 0 Å². The standard InChI is InChI=1S/C12H13NO3S/c1-14-10-4-3-8(5-12(10)15-2)11-6-9(7-17)13-16-11/h3-6,17H,7H2,1-2H3. The van der Waals surface area contributed by atoms with Gasteiger partial charge in [0, 0.05) is 17.4 Å². The summed E-state index contributed by atoms with van der Waals surface area (Å²) in [6, 6.07) is 7.43. The molecule has 0 unspecified atom stereocenters. The van der Waals surface area contributed by atoms with Crippen molar-refractivity contribution < 1.29 is 14.0 Å². The molecule has 1 heterocycles. The van der Waals surface area contributed by atoms with Crippen LogP contribution in [0.2, 0.25) is 0 Å². The van der Waals surface area contributed by atoms with Crippen molar-refractivity contribution in [2.24, 2.45) is 0 Å². The minimum absolute atomic E-state index is 0.552. The molecule has 0 bridgehead atoms. The molecule has 0 amide bonds. The zero-order valence-corrected chi connectivity index (χ0v) is 10.5. The summed E-state index contributed by atoms with van der Waals surface area (Å²) in [6.45, 7) is 0. The zero-order valence-electron chi connectivity index (χ0n) is 9.64. The lowest BCUT2D eigenvalue weighted by Gasteiger charge is -2.07. The number of benzene rings is 1. The van der Waals surface area contributed by atoms with Gasteiger partial charge in [0.1, 0.15) is 0 Å². The van der Waals surface area contributed by atoms with Gasteiger partial charge >= 0.3 is 0 Å². The average Bonchev–Trinajstić information content (AvgIpc) is 2.86. The lowest BCUT2D eigenvalue weighted by atomic mass is 10.1. The average molecular weight is 251 g/mol. The molecule has 0 saturated carbocycles. The van der Waals surface area contributed by atoms with Gasteiger partial charge in [0.25, 0.3) is 0 Å². The van der Waals surface area contributed by atoms with Gasteiger partial charge in [0.05, 0.1) is 19.9 Å². The van der Waals surface area contributed by atoms with Gasteiger partial charge < -0.3 is 14.0 Å². The van der Waals surface area contributed by atoms with Crippen LogP contribution in [0, 0.1) is 0 Å². The van der Waals surface area contributed by atoms with Crippen LogP contribution in [0.5, 0.6) is 11.5 Å². The smallest absolute Gasteiger partial charge is 0.167 e. The summed E-state index contributed by atoms with van der Waals surface area (Å²) in [6.07, 6.45) is 0. The third-order valence-electron chi connectivity index (χ3n) is 2.39. The van der Waals surface area contributed by atoms with Crippen LogP contribution in [0.15, 0.2) is 28.8 Å². The molecule has 0 spiro atoms. The summed E-state index contributed by atoms with van der Waals surface area (Å²) >= 11 is 4.14. The molecule has 1 aromatic heterocycles. The van der Waals surface area contributed by atoms with Crippen LogP contribution >= 0.6 is 12.6 Å². The number of rotatable bonds is 4. The van der Waals surface area contributed by atoms with Crippen LogP contribution in [0.1, 0.15) is 5.69 Å². The fraction of sp³-hybridized carbons (Fsp3) is 0.250. The zero-order chi connectivity index (χ0) is 12.3. The lowest BCUT2D eigenvalue weighted by molar-refractivity contribution is 0.355. The highest BCUT2D eigenvalue weighted by Gasteiger charge is 2.10.